The summed E-state index contributed by atoms with van der Waals surface area (Å²) in [5.41, 5.74) is 3.89. The smallest absolute Gasteiger partial charge is 0.219 e. The van der Waals surface area contributed by atoms with E-state index in [1.54, 1.807) is 14.0 Å². The van der Waals surface area contributed by atoms with Crippen molar-refractivity contribution in [1.29, 1.82) is 0 Å². The van der Waals surface area contributed by atoms with E-state index in [2.05, 4.69) is 82.6 Å². The highest BCUT2D eigenvalue weighted by molar-refractivity contribution is 5.73. The van der Waals surface area contributed by atoms with E-state index in [-0.39, 0.29) is 11.8 Å². The summed E-state index contributed by atoms with van der Waals surface area (Å²) < 4.78 is 5.66. The molecule has 0 unspecified atom stereocenters. The SMILES string of the molecule is COc1ccccc1CN1C[C@H]2CN(C(C)=O)CCN2[C@H](C(c2ccccc2)c2ccccc2)C1. The van der Waals surface area contributed by atoms with Crippen LogP contribution in [0.15, 0.2) is 84.9 Å². The molecule has 2 fully saturated rings. The molecule has 5 rings (SSSR count). The van der Waals surface area contributed by atoms with Gasteiger partial charge in [0.2, 0.25) is 5.91 Å². The summed E-state index contributed by atoms with van der Waals surface area (Å²) in [6.07, 6.45) is 0. The molecular formula is C30H35N3O2. The van der Waals surface area contributed by atoms with Crippen LogP contribution in [0.25, 0.3) is 0 Å². The van der Waals surface area contributed by atoms with Gasteiger partial charge in [-0.25, -0.2) is 0 Å². The van der Waals surface area contributed by atoms with Crippen LogP contribution in [0.4, 0.5) is 0 Å². The fraction of sp³-hybridized carbons (Fsp3) is 0.367. The number of hydrogen-bond donors (Lipinski definition) is 0. The molecule has 0 bridgehead atoms. The van der Waals surface area contributed by atoms with E-state index in [9.17, 15) is 4.79 Å². The van der Waals surface area contributed by atoms with Gasteiger partial charge in [0, 0.05) is 69.8 Å². The lowest BCUT2D eigenvalue weighted by Gasteiger charge is -2.53. The Morgan fingerprint density at radius 3 is 2.11 bits per heavy atom. The highest BCUT2D eigenvalue weighted by Crippen LogP contribution is 2.36. The third-order valence-corrected chi connectivity index (χ3v) is 7.60. The summed E-state index contributed by atoms with van der Waals surface area (Å²) in [7, 11) is 1.74. The van der Waals surface area contributed by atoms with Crippen LogP contribution in [0.2, 0.25) is 0 Å². The van der Waals surface area contributed by atoms with Crippen LogP contribution in [-0.4, -0.2) is 72.5 Å². The lowest BCUT2D eigenvalue weighted by atomic mass is 9.81. The predicted molar refractivity (Wildman–Crippen MR) is 140 cm³/mol. The summed E-state index contributed by atoms with van der Waals surface area (Å²) in [4.78, 5) is 19.5. The van der Waals surface area contributed by atoms with Gasteiger partial charge in [-0.15, -0.1) is 0 Å². The fourth-order valence-electron chi connectivity index (χ4n) is 5.95. The second-order valence-corrected chi connectivity index (χ2v) is 9.73. The first kappa shape index (κ1) is 23.6. The summed E-state index contributed by atoms with van der Waals surface area (Å²) in [5.74, 6) is 1.36. The number of piperazine rings is 2. The monoisotopic (exact) mass is 469 g/mol. The average molecular weight is 470 g/mol. The number of carbonyl (C=O) groups is 1. The van der Waals surface area contributed by atoms with Crippen LogP contribution < -0.4 is 4.74 Å². The Balaban J connectivity index is 1.52. The van der Waals surface area contributed by atoms with Crippen molar-refractivity contribution in [2.45, 2.75) is 31.5 Å². The minimum Gasteiger partial charge on any atom is -0.496 e. The number of methoxy groups -OCH3 is 1. The topological polar surface area (TPSA) is 36.0 Å². The van der Waals surface area contributed by atoms with Gasteiger partial charge in [0.05, 0.1) is 7.11 Å². The first-order valence-electron chi connectivity index (χ1n) is 12.6. The maximum absolute atomic E-state index is 12.3. The van der Waals surface area contributed by atoms with E-state index in [4.69, 9.17) is 4.74 Å². The van der Waals surface area contributed by atoms with Crippen molar-refractivity contribution in [3.05, 3.63) is 102 Å². The van der Waals surface area contributed by atoms with Gasteiger partial charge >= 0.3 is 0 Å². The molecule has 182 valence electrons. The van der Waals surface area contributed by atoms with Crippen LogP contribution in [0.3, 0.4) is 0 Å². The van der Waals surface area contributed by atoms with E-state index >= 15 is 0 Å². The number of rotatable bonds is 6. The van der Waals surface area contributed by atoms with Gasteiger partial charge in [0.15, 0.2) is 0 Å². The van der Waals surface area contributed by atoms with Gasteiger partial charge in [-0.3, -0.25) is 14.6 Å². The normalized spacial score (nSPS) is 21.1. The largest absolute Gasteiger partial charge is 0.496 e. The van der Waals surface area contributed by atoms with Crippen LogP contribution in [0.1, 0.15) is 29.5 Å². The van der Waals surface area contributed by atoms with Gasteiger partial charge in [-0.05, 0) is 17.2 Å². The summed E-state index contributed by atoms with van der Waals surface area (Å²) in [6.45, 7) is 6.92. The second-order valence-electron chi connectivity index (χ2n) is 9.73. The van der Waals surface area contributed by atoms with E-state index in [0.717, 1.165) is 45.0 Å². The molecular weight excluding hydrogens is 434 g/mol. The maximum Gasteiger partial charge on any atom is 0.219 e. The lowest BCUT2D eigenvalue weighted by Crippen LogP contribution is -2.67. The zero-order valence-corrected chi connectivity index (χ0v) is 20.7. The Kier molecular flexibility index (Phi) is 7.16. The van der Waals surface area contributed by atoms with Crippen molar-refractivity contribution in [3.63, 3.8) is 0 Å². The number of fused-ring (bicyclic) bond motifs is 1. The van der Waals surface area contributed by atoms with Crippen molar-refractivity contribution in [1.82, 2.24) is 14.7 Å². The highest BCUT2D eigenvalue weighted by Gasteiger charge is 2.42. The molecule has 0 saturated carbocycles. The Hall–Kier alpha value is -3.15. The molecule has 3 aromatic carbocycles. The molecule has 2 atom stereocenters. The standard InChI is InChI=1S/C30H35N3O2/c1-23(34)32-17-18-33-27(21-32)20-31(19-26-15-9-10-16-29(26)35-2)22-28(33)30(24-11-5-3-6-12-24)25-13-7-4-8-14-25/h3-16,27-28,30H,17-22H2,1-2H3/t27-,28-/m0/s1. The fourth-order valence-corrected chi connectivity index (χ4v) is 5.95. The Morgan fingerprint density at radius 2 is 1.49 bits per heavy atom. The third kappa shape index (κ3) is 5.12. The number of hydrogen-bond acceptors (Lipinski definition) is 4. The molecule has 5 heteroatoms. The van der Waals surface area contributed by atoms with Crippen LogP contribution in [-0.2, 0) is 11.3 Å². The molecule has 2 aliphatic rings. The Labute approximate surface area is 208 Å². The Bertz CT molecular complexity index is 1080. The Morgan fingerprint density at radius 1 is 0.857 bits per heavy atom. The van der Waals surface area contributed by atoms with Gasteiger partial charge in [0.25, 0.3) is 0 Å². The molecule has 0 aliphatic carbocycles. The van der Waals surface area contributed by atoms with E-state index in [0.29, 0.717) is 12.1 Å². The molecule has 5 nitrogen and oxygen atoms in total. The summed E-state index contributed by atoms with van der Waals surface area (Å²) in [5, 5.41) is 0. The number of nitrogens with zero attached hydrogens (tertiary/aromatic N) is 3. The molecule has 2 aliphatic heterocycles. The van der Waals surface area contributed by atoms with Crippen LogP contribution in [0, 0.1) is 0 Å². The molecule has 2 heterocycles. The predicted octanol–water partition coefficient (Wildman–Crippen LogP) is 4.24. The molecule has 0 aromatic heterocycles. The van der Waals surface area contributed by atoms with E-state index in [1.165, 1.54) is 16.7 Å². The number of amides is 1. The summed E-state index contributed by atoms with van der Waals surface area (Å²) >= 11 is 0. The molecule has 1 amide bonds. The zero-order valence-electron chi connectivity index (χ0n) is 20.7. The van der Waals surface area contributed by atoms with Gasteiger partial charge in [-0.2, -0.15) is 0 Å². The average Bonchev–Trinajstić information content (AvgIpc) is 2.90. The number of benzene rings is 3. The maximum atomic E-state index is 12.3. The number of ether oxygens (including phenoxy) is 1. The van der Waals surface area contributed by atoms with Crippen LogP contribution in [0.5, 0.6) is 5.75 Å². The van der Waals surface area contributed by atoms with Gasteiger partial charge in [-0.1, -0.05) is 78.9 Å². The number of para-hydroxylation sites is 1. The van der Waals surface area contributed by atoms with Crippen molar-refractivity contribution in [2.24, 2.45) is 0 Å². The van der Waals surface area contributed by atoms with E-state index < -0.39 is 0 Å². The molecule has 0 spiro atoms. The second kappa shape index (κ2) is 10.6. The minimum atomic E-state index is 0.172. The lowest BCUT2D eigenvalue weighted by molar-refractivity contribution is -0.134. The van der Waals surface area contributed by atoms with Crippen molar-refractivity contribution in [3.8, 4) is 5.75 Å². The first-order chi connectivity index (χ1) is 17.1. The third-order valence-electron chi connectivity index (χ3n) is 7.60. The quantitative estimate of drug-likeness (QED) is 0.541. The van der Waals surface area contributed by atoms with Crippen molar-refractivity contribution in [2.75, 3.05) is 39.8 Å². The van der Waals surface area contributed by atoms with Gasteiger partial charge < -0.3 is 9.64 Å². The first-order valence-corrected chi connectivity index (χ1v) is 12.6. The van der Waals surface area contributed by atoms with Crippen molar-refractivity contribution < 1.29 is 9.53 Å². The molecule has 2 saturated heterocycles. The number of carbonyl (C=O) groups excluding carboxylic acids is 1. The summed E-state index contributed by atoms with van der Waals surface area (Å²) in [6, 6.07) is 30.7. The molecule has 0 N–H and O–H groups in total. The highest BCUT2D eigenvalue weighted by atomic mass is 16.5. The molecule has 0 radical (unpaired) electrons. The van der Waals surface area contributed by atoms with Crippen molar-refractivity contribution >= 4 is 5.91 Å². The van der Waals surface area contributed by atoms with Crippen LogP contribution >= 0.6 is 0 Å². The van der Waals surface area contributed by atoms with E-state index in [1.807, 2.05) is 17.0 Å². The minimum absolute atomic E-state index is 0.172. The molecule has 35 heavy (non-hydrogen) atoms. The zero-order chi connectivity index (χ0) is 24.2. The molecule has 3 aromatic rings. The van der Waals surface area contributed by atoms with Gasteiger partial charge in [0.1, 0.15) is 5.75 Å².